The van der Waals surface area contributed by atoms with Gasteiger partial charge < -0.3 is 4.74 Å². The summed E-state index contributed by atoms with van der Waals surface area (Å²) < 4.78 is 5.89. The van der Waals surface area contributed by atoms with E-state index in [0.717, 1.165) is 11.4 Å². The molecule has 1 heterocycles. The molecule has 1 aliphatic carbocycles. The molecule has 1 fully saturated rings. The highest BCUT2D eigenvalue weighted by atomic mass is 16.5. The van der Waals surface area contributed by atoms with Crippen LogP contribution < -0.4 is 4.74 Å². The van der Waals surface area contributed by atoms with E-state index in [9.17, 15) is 0 Å². The highest BCUT2D eigenvalue weighted by molar-refractivity contribution is 5.36. The molecule has 1 aromatic rings. The summed E-state index contributed by atoms with van der Waals surface area (Å²) in [6.07, 6.45) is 4.75. The van der Waals surface area contributed by atoms with Crippen molar-refractivity contribution < 1.29 is 4.74 Å². The molecule has 2 rings (SSSR count). The van der Waals surface area contributed by atoms with Crippen molar-refractivity contribution in [3.05, 3.63) is 23.5 Å². The molecule has 16 heavy (non-hydrogen) atoms. The van der Waals surface area contributed by atoms with Crippen LogP contribution in [0.5, 0.6) is 5.75 Å². The molecule has 0 unspecified atom stereocenters. The molecule has 88 valence electrons. The zero-order valence-electron chi connectivity index (χ0n) is 10.7. The summed E-state index contributed by atoms with van der Waals surface area (Å²) in [5.74, 6) is 1.96. The van der Waals surface area contributed by atoms with Crippen LogP contribution in [0.15, 0.2) is 12.3 Å². The molecular weight excluding hydrogens is 198 g/mol. The van der Waals surface area contributed by atoms with Gasteiger partial charge in [0.15, 0.2) is 0 Å². The molecule has 0 saturated heterocycles. The molecular formula is C14H21NO. The minimum atomic E-state index is 0.448. The predicted molar refractivity (Wildman–Crippen MR) is 66.1 cm³/mol. The van der Waals surface area contributed by atoms with Crippen molar-refractivity contribution in [3.8, 4) is 5.75 Å². The van der Waals surface area contributed by atoms with Crippen LogP contribution in [0.4, 0.5) is 0 Å². The maximum Gasteiger partial charge on any atom is 0.141 e. The van der Waals surface area contributed by atoms with Crippen molar-refractivity contribution in [1.82, 2.24) is 4.98 Å². The molecule has 1 aliphatic rings. The fraction of sp³-hybridized carbons (Fsp3) is 0.643. The summed E-state index contributed by atoms with van der Waals surface area (Å²) in [6.45, 7) is 8.76. The number of rotatable bonds is 4. The first-order chi connectivity index (χ1) is 7.58. The Bertz CT molecular complexity index is 367. The van der Waals surface area contributed by atoms with E-state index in [1.165, 1.54) is 18.4 Å². The van der Waals surface area contributed by atoms with Crippen LogP contribution in [0.3, 0.4) is 0 Å². The van der Waals surface area contributed by atoms with E-state index in [-0.39, 0.29) is 0 Å². The summed E-state index contributed by atoms with van der Waals surface area (Å²) in [5, 5.41) is 0. The van der Waals surface area contributed by atoms with Crippen molar-refractivity contribution >= 4 is 0 Å². The lowest BCUT2D eigenvalue weighted by atomic mass is 9.99. The molecule has 0 atom stereocenters. The van der Waals surface area contributed by atoms with Crippen LogP contribution in [0.1, 0.15) is 63.6 Å². The largest absolute Gasteiger partial charge is 0.489 e. The molecule has 0 amide bonds. The van der Waals surface area contributed by atoms with Crippen LogP contribution in [0.2, 0.25) is 0 Å². The Hall–Kier alpha value is -1.05. The van der Waals surface area contributed by atoms with E-state index in [4.69, 9.17) is 4.74 Å². The number of pyridine rings is 1. The third kappa shape index (κ3) is 2.55. The summed E-state index contributed by atoms with van der Waals surface area (Å²) in [4.78, 5) is 4.48. The Balaban J connectivity index is 2.28. The van der Waals surface area contributed by atoms with Gasteiger partial charge in [-0.1, -0.05) is 27.7 Å². The van der Waals surface area contributed by atoms with Gasteiger partial charge >= 0.3 is 0 Å². The maximum atomic E-state index is 5.89. The molecule has 0 radical (unpaired) electrons. The Morgan fingerprint density at radius 1 is 1.19 bits per heavy atom. The third-order valence-electron chi connectivity index (χ3n) is 2.95. The van der Waals surface area contributed by atoms with E-state index in [1.54, 1.807) is 0 Å². The molecule has 2 heteroatoms. The van der Waals surface area contributed by atoms with Crippen molar-refractivity contribution in [2.24, 2.45) is 0 Å². The van der Waals surface area contributed by atoms with E-state index in [0.29, 0.717) is 17.9 Å². The van der Waals surface area contributed by atoms with Gasteiger partial charge in [-0.15, -0.1) is 0 Å². The Morgan fingerprint density at radius 3 is 2.38 bits per heavy atom. The standard InChI is InChI=1S/C14H21NO/c1-9(2)12-7-13(10(3)4)15-8-14(12)16-11-5-6-11/h7-11H,5-6H2,1-4H3. The molecule has 2 nitrogen and oxygen atoms in total. The topological polar surface area (TPSA) is 22.1 Å². The number of nitrogens with zero attached hydrogens (tertiary/aromatic N) is 1. The highest BCUT2D eigenvalue weighted by Crippen LogP contribution is 2.33. The van der Waals surface area contributed by atoms with Crippen molar-refractivity contribution in [2.45, 2.75) is 58.5 Å². The summed E-state index contributed by atoms with van der Waals surface area (Å²) in [5.41, 5.74) is 2.46. The van der Waals surface area contributed by atoms with Gasteiger partial charge in [-0.25, -0.2) is 0 Å². The van der Waals surface area contributed by atoms with Gasteiger partial charge in [0.25, 0.3) is 0 Å². The van der Waals surface area contributed by atoms with Gasteiger partial charge in [0.1, 0.15) is 5.75 Å². The average molecular weight is 219 g/mol. The Kier molecular flexibility index (Phi) is 3.17. The fourth-order valence-electron chi connectivity index (χ4n) is 1.71. The number of hydrogen-bond donors (Lipinski definition) is 0. The van der Waals surface area contributed by atoms with Crippen LogP contribution in [0.25, 0.3) is 0 Å². The van der Waals surface area contributed by atoms with Crippen LogP contribution in [-0.4, -0.2) is 11.1 Å². The first-order valence-corrected chi connectivity index (χ1v) is 6.24. The molecule has 0 aromatic carbocycles. The quantitative estimate of drug-likeness (QED) is 0.767. The molecule has 0 N–H and O–H groups in total. The van der Waals surface area contributed by atoms with E-state index in [1.807, 2.05) is 6.20 Å². The molecule has 1 saturated carbocycles. The second-order valence-electron chi connectivity index (χ2n) is 5.27. The zero-order valence-corrected chi connectivity index (χ0v) is 10.7. The fourth-order valence-corrected chi connectivity index (χ4v) is 1.71. The van der Waals surface area contributed by atoms with E-state index >= 15 is 0 Å². The van der Waals surface area contributed by atoms with Gasteiger partial charge in [-0.3, -0.25) is 4.98 Å². The van der Waals surface area contributed by atoms with Crippen molar-refractivity contribution in [1.29, 1.82) is 0 Å². The van der Waals surface area contributed by atoms with Crippen molar-refractivity contribution in [3.63, 3.8) is 0 Å². The first-order valence-electron chi connectivity index (χ1n) is 6.24. The van der Waals surface area contributed by atoms with Gasteiger partial charge in [-0.05, 0) is 30.7 Å². The minimum absolute atomic E-state index is 0.448. The Labute approximate surface area is 98.0 Å². The molecule has 0 spiro atoms. The predicted octanol–water partition coefficient (Wildman–Crippen LogP) is 3.87. The van der Waals surface area contributed by atoms with Gasteiger partial charge in [-0.2, -0.15) is 0 Å². The second-order valence-corrected chi connectivity index (χ2v) is 5.27. The zero-order chi connectivity index (χ0) is 11.7. The number of aromatic nitrogens is 1. The summed E-state index contributed by atoms with van der Waals surface area (Å²) in [7, 11) is 0. The highest BCUT2D eigenvalue weighted by Gasteiger charge is 2.25. The summed E-state index contributed by atoms with van der Waals surface area (Å²) in [6, 6.07) is 2.20. The lowest BCUT2D eigenvalue weighted by Crippen LogP contribution is -2.04. The van der Waals surface area contributed by atoms with Gasteiger partial charge in [0, 0.05) is 11.3 Å². The average Bonchev–Trinajstić information content (AvgIpc) is 3.01. The molecule has 0 aliphatic heterocycles. The van der Waals surface area contributed by atoms with E-state index < -0.39 is 0 Å². The normalized spacial score (nSPS) is 15.9. The molecule has 1 aromatic heterocycles. The van der Waals surface area contributed by atoms with Gasteiger partial charge in [0.2, 0.25) is 0 Å². The monoisotopic (exact) mass is 219 g/mol. The van der Waals surface area contributed by atoms with E-state index in [2.05, 4.69) is 38.7 Å². The van der Waals surface area contributed by atoms with Crippen molar-refractivity contribution in [2.75, 3.05) is 0 Å². The SMILES string of the molecule is CC(C)c1cc(C(C)C)c(OC2CC2)cn1. The number of ether oxygens (including phenoxy) is 1. The summed E-state index contributed by atoms with van der Waals surface area (Å²) >= 11 is 0. The third-order valence-corrected chi connectivity index (χ3v) is 2.95. The van der Waals surface area contributed by atoms with Crippen LogP contribution in [-0.2, 0) is 0 Å². The van der Waals surface area contributed by atoms with Crippen LogP contribution in [0, 0.1) is 0 Å². The maximum absolute atomic E-state index is 5.89. The molecule has 0 bridgehead atoms. The minimum Gasteiger partial charge on any atom is -0.489 e. The second kappa shape index (κ2) is 4.44. The first kappa shape index (κ1) is 11.4. The number of hydrogen-bond acceptors (Lipinski definition) is 2. The van der Waals surface area contributed by atoms with Gasteiger partial charge in [0.05, 0.1) is 12.3 Å². The van der Waals surface area contributed by atoms with Crippen LogP contribution >= 0.6 is 0 Å². The lowest BCUT2D eigenvalue weighted by molar-refractivity contribution is 0.297. The Morgan fingerprint density at radius 2 is 1.88 bits per heavy atom. The lowest BCUT2D eigenvalue weighted by Gasteiger charge is -2.15. The smallest absolute Gasteiger partial charge is 0.141 e.